The highest BCUT2D eigenvalue weighted by Gasteiger charge is 2.73. The summed E-state index contributed by atoms with van der Waals surface area (Å²) in [4.78, 5) is 9.97. The van der Waals surface area contributed by atoms with Gasteiger partial charge in [-0.1, -0.05) is 13.8 Å². The normalized spacial score (nSPS) is 14.5. The van der Waals surface area contributed by atoms with E-state index in [1.807, 2.05) is 0 Å². The van der Waals surface area contributed by atoms with Crippen LogP contribution >= 0.6 is 0 Å². The second kappa shape index (κ2) is 3.97. The van der Waals surface area contributed by atoms with Crippen molar-refractivity contribution in [1.29, 1.82) is 0 Å². The molecule has 0 aromatic rings. The summed E-state index contributed by atoms with van der Waals surface area (Å²) >= 11 is 0. The molecule has 0 saturated heterocycles. The van der Waals surface area contributed by atoms with Gasteiger partial charge < -0.3 is 0 Å². The fraction of sp³-hybridized carbons (Fsp3) is 1.00. The fourth-order valence-corrected chi connectivity index (χ4v) is 1.12. The number of hydrogen-bond donors (Lipinski definition) is 0. The average molecular weight is 237 g/mol. The van der Waals surface area contributed by atoms with Crippen molar-refractivity contribution in [2.75, 3.05) is 0 Å². The van der Waals surface area contributed by atoms with Gasteiger partial charge in [0.2, 0.25) is 0 Å². The van der Waals surface area contributed by atoms with Gasteiger partial charge in [-0.3, -0.25) is 0 Å². The van der Waals surface area contributed by atoms with Gasteiger partial charge in [-0.05, 0) is 17.5 Å². The topological polar surface area (TPSA) is 29.4 Å². The Balaban J connectivity index is 5.43. The van der Waals surface area contributed by atoms with Crippen LogP contribution in [0.25, 0.3) is 0 Å². The molecule has 0 aliphatic carbocycles. The van der Waals surface area contributed by atoms with E-state index in [2.05, 4.69) is 0 Å². The maximum absolute atomic E-state index is 12.2. The third-order valence-electron chi connectivity index (χ3n) is 1.80. The van der Waals surface area contributed by atoms with Crippen LogP contribution in [0.2, 0.25) is 0 Å². The van der Waals surface area contributed by atoms with Crippen molar-refractivity contribution in [3.8, 4) is 0 Å². The Hall–Kier alpha value is -0.820. The summed E-state index contributed by atoms with van der Waals surface area (Å²) in [6, 6.07) is 0. The summed E-state index contributed by atoms with van der Waals surface area (Å²) in [6.07, 6.45) is -12.8. The molecule has 0 amide bonds. The van der Waals surface area contributed by atoms with Crippen molar-refractivity contribution < 1.29 is 26.3 Å². The van der Waals surface area contributed by atoms with Crippen molar-refractivity contribution in [3.05, 3.63) is 4.91 Å². The zero-order valence-electron chi connectivity index (χ0n) is 7.91. The van der Waals surface area contributed by atoms with Crippen LogP contribution in [0.1, 0.15) is 20.3 Å². The largest absolute Gasteiger partial charge is 0.426 e. The Bertz CT molecular complexity index is 217. The number of halogens is 6. The van der Waals surface area contributed by atoms with Crippen molar-refractivity contribution in [2.45, 2.75) is 38.2 Å². The number of alkyl halides is 6. The molecule has 0 aromatic heterocycles. The highest BCUT2D eigenvalue weighted by atomic mass is 19.4. The van der Waals surface area contributed by atoms with E-state index in [0.29, 0.717) is 0 Å². The molecule has 0 heterocycles. The molecule has 0 saturated carbocycles. The molecule has 0 unspecified atom stereocenters. The third kappa shape index (κ3) is 2.60. The first-order valence-corrected chi connectivity index (χ1v) is 3.96. The third-order valence-corrected chi connectivity index (χ3v) is 1.80. The van der Waals surface area contributed by atoms with Gasteiger partial charge in [0.1, 0.15) is 0 Å². The van der Waals surface area contributed by atoms with Crippen LogP contribution in [0.4, 0.5) is 26.3 Å². The van der Waals surface area contributed by atoms with E-state index < -0.39 is 30.2 Å². The quantitative estimate of drug-likeness (QED) is 0.544. The number of rotatable bonds is 3. The van der Waals surface area contributed by atoms with Crippen molar-refractivity contribution in [1.82, 2.24) is 0 Å². The smallest absolute Gasteiger partial charge is 0.168 e. The molecule has 2 nitrogen and oxygen atoms in total. The lowest BCUT2D eigenvalue weighted by Gasteiger charge is -2.31. The molecular formula is C7H9F6NO. The van der Waals surface area contributed by atoms with Crippen LogP contribution < -0.4 is 0 Å². The maximum Gasteiger partial charge on any atom is 0.426 e. The van der Waals surface area contributed by atoms with Crippen molar-refractivity contribution in [2.24, 2.45) is 11.1 Å². The van der Waals surface area contributed by atoms with E-state index in [1.165, 1.54) is 5.18 Å². The Labute approximate surface area is 81.6 Å². The number of hydrogen-bond acceptors (Lipinski definition) is 2. The Morgan fingerprint density at radius 3 is 1.40 bits per heavy atom. The van der Waals surface area contributed by atoms with Gasteiger partial charge in [-0.2, -0.15) is 26.3 Å². The monoisotopic (exact) mass is 237 g/mol. The van der Waals surface area contributed by atoms with Crippen molar-refractivity contribution >= 4 is 0 Å². The predicted octanol–water partition coefficient (Wildman–Crippen LogP) is 3.66. The van der Waals surface area contributed by atoms with Crippen LogP contribution in [0.15, 0.2) is 5.18 Å². The minimum Gasteiger partial charge on any atom is -0.168 e. The van der Waals surface area contributed by atoms with E-state index in [0.717, 1.165) is 13.8 Å². The minimum atomic E-state index is -5.72. The molecular weight excluding hydrogens is 228 g/mol. The van der Waals surface area contributed by atoms with Crippen LogP contribution in [-0.2, 0) is 0 Å². The molecule has 0 N–H and O–H groups in total. The first kappa shape index (κ1) is 14.2. The maximum atomic E-state index is 12.2. The lowest BCUT2D eigenvalue weighted by atomic mass is 9.88. The van der Waals surface area contributed by atoms with Gasteiger partial charge >= 0.3 is 12.4 Å². The molecule has 90 valence electrons. The molecule has 0 aromatic carbocycles. The molecule has 0 fully saturated rings. The predicted molar refractivity (Wildman–Crippen MR) is 40.1 cm³/mol. The summed E-state index contributed by atoms with van der Waals surface area (Å²) in [5.41, 5.74) is -4.49. The summed E-state index contributed by atoms with van der Waals surface area (Å²) in [6.45, 7) is 2.30. The molecule has 0 rings (SSSR count). The zero-order valence-corrected chi connectivity index (χ0v) is 7.91. The molecule has 0 spiro atoms. The van der Waals surface area contributed by atoms with Gasteiger partial charge in [-0.15, -0.1) is 4.91 Å². The number of nitrogens with zero attached hydrogens (tertiary/aromatic N) is 1. The standard InChI is InChI=1S/C7H9F6NO/c1-4(2)3-5(14-15,6(8,9)10)7(11,12)13/h4H,3H2,1-2H3. The summed E-state index contributed by atoms with van der Waals surface area (Å²) in [7, 11) is 0. The lowest BCUT2D eigenvalue weighted by Crippen LogP contribution is -2.55. The Kier molecular flexibility index (Phi) is 3.76. The second-order valence-electron chi connectivity index (χ2n) is 3.55. The Morgan fingerprint density at radius 1 is 1.00 bits per heavy atom. The van der Waals surface area contributed by atoms with Gasteiger partial charge in [0.25, 0.3) is 5.54 Å². The molecule has 0 aliphatic heterocycles. The minimum absolute atomic E-state index is 0.953. The van der Waals surface area contributed by atoms with Crippen molar-refractivity contribution in [3.63, 3.8) is 0 Å². The van der Waals surface area contributed by atoms with Crippen LogP contribution in [0.5, 0.6) is 0 Å². The summed E-state index contributed by atoms with van der Waals surface area (Å²) in [5.74, 6) is -0.953. The van der Waals surface area contributed by atoms with E-state index in [9.17, 15) is 31.2 Å². The number of nitroso groups, excluding NO2 is 1. The second-order valence-corrected chi connectivity index (χ2v) is 3.55. The highest BCUT2D eigenvalue weighted by molar-refractivity contribution is 5.02. The van der Waals surface area contributed by atoms with E-state index in [1.54, 1.807) is 0 Å². The lowest BCUT2D eigenvalue weighted by molar-refractivity contribution is -0.299. The van der Waals surface area contributed by atoms with Gasteiger partial charge in [-0.25, -0.2) is 0 Å². The van der Waals surface area contributed by atoms with E-state index in [4.69, 9.17) is 0 Å². The van der Waals surface area contributed by atoms with Crippen LogP contribution in [-0.4, -0.2) is 17.9 Å². The first-order valence-electron chi connectivity index (χ1n) is 3.96. The van der Waals surface area contributed by atoms with Crippen LogP contribution in [0, 0.1) is 10.8 Å². The molecule has 8 heteroatoms. The van der Waals surface area contributed by atoms with Crippen LogP contribution in [0.3, 0.4) is 0 Å². The molecule has 0 atom stereocenters. The summed E-state index contributed by atoms with van der Waals surface area (Å²) < 4.78 is 73.3. The molecule has 0 radical (unpaired) electrons. The van der Waals surface area contributed by atoms with Gasteiger partial charge in [0.15, 0.2) is 0 Å². The van der Waals surface area contributed by atoms with E-state index in [-0.39, 0.29) is 0 Å². The zero-order chi connectivity index (χ0) is 12.5. The molecule has 15 heavy (non-hydrogen) atoms. The first-order chi connectivity index (χ1) is 6.48. The summed E-state index contributed by atoms with van der Waals surface area (Å²) in [5, 5.41) is 1.30. The Morgan fingerprint density at radius 2 is 1.33 bits per heavy atom. The average Bonchev–Trinajstić information content (AvgIpc) is 1.94. The van der Waals surface area contributed by atoms with Gasteiger partial charge in [0, 0.05) is 0 Å². The van der Waals surface area contributed by atoms with E-state index >= 15 is 0 Å². The molecule has 0 aliphatic rings. The SMILES string of the molecule is CC(C)CC(N=O)(C(F)(F)F)C(F)(F)F. The fourth-order valence-electron chi connectivity index (χ4n) is 1.12. The molecule has 0 bridgehead atoms. The highest BCUT2D eigenvalue weighted by Crippen LogP contribution is 2.49. The van der Waals surface area contributed by atoms with Gasteiger partial charge in [0.05, 0.1) is 0 Å².